The third-order valence-corrected chi connectivity index (χ3v) is 5.69. The molecule has 0 spiro atoms. The molecule has 0 radical (unpaired) electrons. The zero-order chi connectivity index (χ0) is 21.5. The van der Waals surface area contributed by atoms with Gasteiger partial charge >= 0.3 is 0 Å². The molecule has 1 atom stereocenters. The normalized spacial score (nSPS) is 15.5. The number of methoxy groups -OCH3 is 1. The molecule has 3 heterocycles. The Balaban J connectivity index is 1.29. The highest BCUT2D eigenvalue weighted by Gasteiger charge is 2.24. The number of hydrogen-bond acceptors (Lipinski definition) is 6. The van der Waals surface area contributed by atoms with Gasteiger partial charge in [-0.3, -0.25) is 9.69 Å². The Hall–Kier alpha value is -3.06. The molecule has 2 aromatic heterocycles. The predicted octanol–water partition coefficient (Wildman–Crippen LogP) is 4.22. The summed E-state index contributed by atoms with van der Waals surface area (Å²) in [6, 6.07) is 11.6. The number of oxazole rings is 1. The third kappa shape index (κ3) is 5.55. The van der Waals surface area contributed by atoms with Gasteiger partial charge in [0.15, 0.2) is 11.7 Å². The SMILES string of the molecule is COc1ccc(-c2cnc(CCC(=O)NCC(c3ccco3)N3CCCCC3)o2)cc1. The summed E-state index contributed by atoms with van der Waals surface area (Å²) in [5.41, 5.74) is 0.923. The molecule has 1 aromatic carbocycles. The van der Waals surface area contributed by atoms with Gasteiger partial charge in [0, 0.05) is 24.9 Å². The largest absolute Gasteiger partial charge is 0.497 e. The molecule has 0 saturated carbocycles. The highest BCUT2D eigenvalue weighted by Crippen LogP contribution is 2.25. The van der Waals surface area contributed by atoms with E-state index in [2.05, 4.69) is 15.2 Å². The molecule has 31 heavy (non-hydrogen) atoms. The second-order valence-corrected chi connectivity index (χ2v) is 7.78. The van der Waals surface area contributed by atoms with Gasteiger partial charge in [0.25, 0.3) is 0 Å². The van der Waals surface area contributed by atoms with Gasteiger partial charge < -0.3 is 18.9 Å². The van der Waals surface area contributed by atoms with Gasteiger partial charge in [0.05, 0.1) is 25.6 Å². The van der Waals surface area contributed by atoms with Crippen molar-refractivity contribution in [1.29, 1.82) is 0 Å². The fourth-order valence-electron chi connectivity index (χ4n) is 3.95. The first-order valence-electron chi connectivity index (χ1n) is 10.9. The van der Waals surface area contributed by atoms with Crippen LogP contribution >= 0.6 is 0 Å². The lowest BCUT2D eigenvalue weighted by Gasteiger charge is -2.33. The van der Waals surface area contributed by atoms with Crippen LogP contribution in [0.5, 0.6) is 5.75 Å². The van der Waals surface area contributed by atoms with Crippen molar-refractivity contribution < 1.29 is 18.4 Å². The Morgan fingerprint density at radius 3 is 2.71 bits per heavy atom. The number of aromatic nitrogens is 1. The number of hydrogen-bond donors (Lipinski definition) is 1. The zero-order valence-corrected chi connectivity index (χ0v) is 17.9. The summed E-state index contributed by atoms with van der Waals surface area (Å²) in [5, 5.41) is 3.07. The quantitative estimate of drug-likeness (QED) is 0.555. The molecule has 3 aromatic rings. The first-order chi connectivity index (χ1) is 15.2. The van der Waals surface area contributed by atoms with Crippen LogP contribution in [0.4, 0.5) is 0 Å². The Labute approximate surface area is 182 Å². The van der Waals surface area contributed by atoms with Crippen LogP contribution in [0, 0.1) is 0 Å². The lowest BCUT2D eigenvalue weighted by molar-refractivity contribution is -0.121. The lowest BCUT2D eigenvalue weighted by atomic mass is 10.1. The van der Waals surface area contributed by atoms with Crippen molar-refractivity contribution in [3.05, 3.63) is 60.5 Å². The van der Waals surface area contributed by atoms with Gasteiger partial charge in [-0.15, -0.1) is 0 Å². The van der Waals surface area contributed by atoms with E-state index in [9.17, 15) is 4.79 Å². The molecule has 4 rings (SSSR count). The minimum Gasteiger partial charge on any atom is -0.497 e. The second kappa shape index (κ2) is 10.3. The van der Waals surface area contributed by atoms with Gasteiger partial charge in [0.2, 0.25) is 5.91 Å². The van der Waals surface area contributed by atoms with E-state index >= 15 is 0 Å². The van der Waals surface area contributed by atoms with Gasteiger partial charge in [-0.1, -0.05) is 6.42 Å². The molecular formula is C24H29N3O4. The highest BCUT2D eigenvalue weighted by atomic mass is 16.5. The summed E-state index contributed by atoms with van der Waals surface area (Å²) in [6.07, 6.45) is 7.81. The van der Waals surface area contributed by atoms with Gasteiger partial charge in [-0.25, -0.2) is 4.98 Å². The number of nitrogens with zero attached hydrogens (tertiary/aromatic N) is 2. The van der Waals surface area contributed by atoms with Gasteiger partial charge in [-0.05, 0) is 62.3 Å². The highest BCUT2D eigenvalue weighted by molar-refractivity contribution is 5.76. The molecule has 1 saturated heterocycles. The summed E-state index contributed by atoms with van der Waals surface area (Å²) >= 11 is 0. The molecule has 0 aliphatic carbocycles. The van der Waals surface area contributed by atoms with E-state index in [1.54, 1.807) is 19.6 Å². The van der Waals surface area contributed by atoms with E-state index in [1.165, 1.54) is 19.3 Å². The Morgan fingerprint density at radius 1 is 1.19 bits per heavy atom. The number of furan rings is 1. The average Bonchev–Trinajstić information content (AvgIpc) is 3.51. The Kier molecular flexibility index (Phi) is 7.04. The van der Waals surface area contributed by atoms with Crippen LogP contribution in [-0.2, 0) is 11.2 Å². The fourth-order valence-corrected chi connectivity index (χ4v) is 3.95. The minimum atomic E-state index is -0.0160. The van der Waals surface area contributed by atoms with Crippen molar-refractivity contribution in [2.45, 2.75) is 38.1 Å². The van der Waals surface area contributed by atoms with Crippen LogP contribution in [0.3, 0.4) is 0 Å². The Morgan fingerprint density at radius 2 is 2.00 bits per heavy atom. The van der Waals surface area contributed by atoms with Crippen molar-refractivity contribution in [3.8, 4) is 17.1 Å². The van der Waals surface area contributed by atoms with Crippen molar-refractivity contribution in [3.63, 3.8) is 0 Å². The number of rotatable bonds is 9. The van der Waals surface area contributed by atoms with Crippen LogP contribution < -0.4 is 10.1 Å². The smallest absolute Gasteiger partial charge is 0.220 e. The second-order valence-electron chi connectivity index (χ2n) is 7.78. The van der Waals surface area contributed by atoms with E-state index < -0.39 is 0 Å². The zero-order valence-electron chi connectivity index (χ0n) is 17.9. The van der Waals surface area contributed by atoms with Crippen LogP contribution in [0.2, 0.25) is 0 Å². The van der Waals surface area contributed by atoms with Crippen molar-refractivity contribution in [1.82, 2.24) is 15.2 Å². The van der Waals surface area contributed by atoms with E-state index in [-0.39, 0.29) is 11.9 Å². The van der Waals surface area contributed by atoms with E-state index in [0.717, 1.165) is 30.2 Å². The number of amides is 1. The molecular weight excluding hydrogens is 394 g/mol. The number of aryl methyl sites for hydroxylation is 1. The number of piperidine rings is 1. The van der Waals surface area contributed by atoms with Crippen molar-refractivity contribution in [2.24, 2.45) is 0 Å². The standard InChI is InChI=1S/C24H29N3O4/c1-29-19-9-7-18(8-10-19)22-17-26-24(31-22)12-11-23(28)25-16-20(21-6-5-15-30-21)27-13-3-2-4-14-27/h5-10,15,17,20H,2-4,11-14,16H2,1H3,(H,25,28). The van der Waals surface area contributed by atoms with Gasteiger partial charge in [0.1, 0.15) is 11.5 Å². The molecule has 1 N–H and O–H groups in total. The third-order valence-electron chi connectivity index (χ3n) is 5.69. The number of ether oxygens (including phenoxy) is 1. The number of nitrogens with one attached hydrogen (secondary N) is 1. The molecule has 1 aliphatic rings. The summed E-state index contributed by atoms with van der Waals surface area (Å²) < 4.78 is 16.6. The molecule has 7 nitrogen and oxygen atoms in total. The molecule has 0 bridgehead atoms. The van der Waals surface area contributed by atoms with E-state index in [0.29, 0.717) is 31.0 Å². The van der Waals surface area contributed by atoms with Crippen LogP contribution in [0.15, 0.2) is 57.7 Å². The Bertz CT molecular complexity index is 944. The maximum Gasteiger partial charge on any atom is 0.220 e. The maximum absolute atomic E-state index is 12.5. The topological polar surface area (TPSA) is 80.7 Å². The molecule has 1 unspecified atom stereocenters. The summed E-state index contributed by atoms with van der Waals surface area (Å²) in [5.74, 6) is 2.91. The summed E-state index contributed by atoms with van der Waals surface area (Å²) in [4.78, 5) is 19.2. The molecule has 1 amide bonds. The number of carbonyl (C=O) groups is 1. The van der Waals surface area contributed by atoms with Crippen molar-refractivity contribution >= 4 is 5.91 Å². The summed E-state index contributed by atoms with van der Waals surface area (Å²) in [7, 11) is 1.63. The number of carbonyl (C=O) groups excluding carboxylic acids is 1. The van der Waals surface area contributed by atoms with E-state index in [4.69, 9.17) is 13.6 Å². The van der Waals surface area contributed by atoms with Crippen LogP contribution in [-0.4, -0.2) is 42.5 Å². The number of likely N-dealkylation sites (tertiary alicyclic amines) is 1. The fraction of sp³-hybridized carbons (Fsp3) is 0.417. The molecule has 7 heteroatoms. The summed E-state index contributed by atoms with van der Waals surface area (Å²) in [6.45, 7) is 2.60. The average molecular weight is 424 g/mol. The van der Waals surface area contributed by atoms with Crippen LogP contribution in [0.1, 0.15) is 43.4 Å². The monoisotopic (exact) mass is 423 g/mol. The van der Waals surface area contributed by atoms with Crippen molar-refractivity contribution in [2.75, 3.05) is 26.7 Å². The van der Waals surface area contributed by atoms with Gasteiger partial charge in [-0.2, -0.15) is 0 Å². The molecule has 1 fully saturated rings. The predicted molar refractivity (Wildman–Crippen MR) is 117 cm³/mol. The number of benzene rings is 1. The maximum atomic E-state index is 12.5. The van der Waals surface area contributed by atoms with E-state index in [1.807, 2.05) is 36.4 Å². The molecule has 164 valence electrons. The first kappa shape index (κ1) is 21.2. The first-order valence-corrected chi connectivity index (χ1v) is 10.9. The van der Waals surface area contributed by atoms with Crippen LogP contribution in [0.25, 0.3) is 11.3 Å². The minimum absolute atomic E-state index is 0.0160. The lowest BCUT2D eigenvalue weighted by Crippen LogP contribution is -2.40. The molecule has 1 aliphatic heterocycles.